The summed E-state index contributed by atoms with van der Waals surface area (Å²) < 4.78 is 10.1. The molecule has 5 nitrogen and oxygen atoms in total. The second-order valence-corrected chi connectivity index (χ2v) is 5.16. The summed E-state index contributed by atoms with van der Waals surface area (Å²) in [6, 6.07) is 0.00714. The summed E-state index contributed by atoms with van der Waals surface area (Å²) >= 11 is 0. The quantitative estimate of drug-likeness (QED) is 0.521. The first kappa shape index (κ1) is 17.0. The van der Waals surface area contributed by atoms with Crippen molar-refractivity contribution in [3.8, 4) is 0 Å². The molecule has 1 aliphatic rings. The predicted molar refractivity (Wildman–Crippen MR) is 79.8 cm³/mol. The number of urea groups is 1. The van der Waals surface area contributed by atoms with Crippen molar-refractivity contribution in [2.24, 2.45) is 5.92 Å². The lowest BCUT2D eigenvalue weighted by Crippen LogP contribution is -2.44. The van der Waals surface area contributed by atoms with Crippen molar-refractivity contribution in [2.45, 2.75) is 25.7 Å². The van der Waals surface area contributed by atoms with E-state index >= 15 is 0 Å². The predicted octanol–water partition coefficient (Wildman–Crippen LogP) is 2.04. The van der Waals surface area contributed by atoms with Crippen LogP contribution >= 0.6 is 0 Å². The van der Waals surface area contributed by atoms with Crippen molar-refractivity contribution in [1.82, 2.24) is 10.2 Å². The van der Waals surface area contributed by atoms with Gasteiger partial charge >= 0.3 is 6.03 Å². The number of hydrogen-bond donors (Lipinski definition) is 1. The lowest BCUT2D eigenvalue weighted by atomic mass is 9.94. The van der Waals surface area contributed by atoms with Crippen LogP contribution in [0.25, 0.3) is 0 Å². The first-order valence-electron chi connectivity index (χ1n) is 7.43. The molecule has 0 aromatic heterocycles. The minimum Gasteiger partial charge on any atom is -0.385 e. The topological polar surface area (TPSA) is 50.8 Å². The smallest absolute Gasteiger partial charge is 0.317 e. The van der Waals surface area contributed by atoms with Crippen LogP contribution in [0.3, 0.4) is 0 Å². The van der Waals surface area contributed by atoms with Gasteiger partial charge in [-0.3, -0.25) is 0 Å². The molecule has 0 aromatic rings. The van der Waals surface area contributed by atoms with Crippen LogP contribution in [0.15, 0.2) is 12.2 Å². The molecule has 20 heavy (non-hydrogen) atoms. The Kier molecular flexibility index (Phi) is 9.07. The molecule has 5 heteroatoms. The third kappa shape index (κ3) is 6.91. The first-order valence-corrected chi connectivity index (χ1v) is 7.43. The number of hydrogen-bond acceptors (Lipinski definition) is 3. The van der Waals surface area contributed by atoms with Crippen LogP contribution in [0, 0.1) is 5.92 Å². The molecule has 1 N–H and O–H groups in total. The maximum atomic E-state index is 12.2. The van der Waals surface area contributed by atoms with E-state index in [0.717, 1.165) is 25.8 Å². The SMILES string of the molecule is COCCCN(CCOC)C(=O)NCC1CC=CCC1. The van der Waals surface area contributed by atoms with Gasteiger partial charge in [0, 0.05) is 40.5 Å². The molecule has 0 bridgehead atoms. The van der Waals surface area contributed by atoms with E-state index in [1.165, 1.54) is 6.42 Å². The van der Waals surface area contributed by atoms with Gasteiger partial charge in [-0.1, -0.05) is 12.2 Å². The van der Waals surface area contributed by atoms with Crippen LogP contribution in [0.2, 0.25) is 0 Å². The third-order valence-corrected chi connectivity index (χ3v) is 3.55. The van der Waals surface area contributed by atoms with E-state index in [4.69, 9.17) is 9.47 Å². The monoisotopic (exact) mass is 284 g/mol. The summed E-state index contributed by atoms with van der Waals surface area (Å²) in [7, 11) is 3.33. The second-order valence-electron chi connectivity index (χ2n) is 5.16. The molecule has 0 fully saturated rings. The molecule has 0 spiro atoms. The van der Waals surface area contributed by atoms with Gasteiger partial charge in [-0.15, -0.1) is 0 Å². The van der Waals surface area contributed by atoms with E-state index in [0.29, 0.717) is 32.2 Å². The van der Waals surface area contributed by atoms with Gasteiger partial charge in [0.1, 0.15) is 0 Å². The number of methoxy groups -OCH3 is 2. The van der Waals surface area contributed by atoms with Gasteiger partial charge in [0.2, 0.25) is 0 Å². The number of amides is 2. The van der Waals surface area contributed by atoms with E-state index in [9.17, 15) is 4.79 Å². The van der Waals surface area contributed by atoms with Crippen LogP contribution < -0.4 is 5.32 Å². The van der Waals surface area contributed by atoms with Crippen molar-refractivity contribution < 1.29 is 14.3 Å². The van der Waals surface area contributed by atoms with Gasteiger partial charge in [-0.05, 0) is 31.6 Å². The summed E-state index contributed by atoms with van der Waals surface area (Å²) in [5, 5.41) is 3.05. The zero-order valence-corrected chi connectivity index (χ0v) is 12.8. The highest BCUT2D eigenvalue weighted by molar-refractivity contribution is 5.74. The molecule has 0 radical (unpaired) electrons. The molecular weight excluding hydrogens is 256 g/mol. The highest BCUT2D eigenvalue weighted by Crippen LogP contribution is 2.16. The molecular formula is C15H28N2O3. The van der Waals surface area contributed by atoms with Crippen LogP contribution in [0.1, 0.15) is 25.7 Å². The minimum atomic E-state index is 0.00714. The molecule has 0 heterocycles. The first-order chi connectivity index (χ1) is 9.77. The fourth-order valence-electron chi connectivity index (χ4n) is 2.30. The fraction of sp³-hybridized carbons (Fsp3) is 0.800. The lowest BCUT2D eigenvalue weighted by Gasteiger charge is -2.25. The minimum absolute atomic E-state index is 0.00714. The highest BCUT2D eigenvalue weighted by atomic mass is 16.5. The van der Waals surface area contributed by atoms with E-state index in [-0.39, 0.29) is 6.03 Å². The number of rotatable bonds is 9. The molecule has 0 saturated carbocycles. The third-order valence-electron chi connectivity index (χ3n) is 3.55. The summed E-state index contributed by atoms with van der Waals surface area (Å²) in [5.74, 6) is 0.576. The molecule has 0 aliphatic heterocycles. The number of carbonyl (C=O) groups is 1. The van der Waals surface area contributed by atoms with Gasteiger partial charge in [0.05, 0.1) is 6.61 Å². The second kappa shape index (κ2) is 10.7. The number of ether oxygens (including phenoxy) is 2. The Labute approximate surface area is 122 Å². The van der Waals surface area contributed by atoms with Crippen molar-refractivity contribution in [1.29, 1.82) is 0 Å². The molecule has 0 saturated heterocycles. The Morgan fingerprint density at radius 2 is 2.05 bits per heavy atom. The van der Waals surface area contributed by atoms with Gasteiger partial charge in [-0.2, -0.15) is 0 Å². The normalized spacial score (nSPS) is 18.0. The zero-order valence-electron chi connectivity index (χ0n) is 12.8. The molecule has 116 valence electrons. The van der Waals surface area contributed by atoms with Crippen LogP contribution in [0.5, 0.6) is 0 Å². The standard InChI is InChI=1S/C15H28N2O3/c1-19-11-6-9-17(10-12-20-2)15(18)16-13-14-7-4-3-5-8-14/h3-4,14H,5-13H2,1-2H3,(H,16,18). The van der Waals surface area contributed by atoms with Crippen LogP contribution in [0.4, 0.5) is 4.79 Å². The van der Waals surface area contributed by atoms with Gasteiger partial charge in [-0.25, -0.2) is 4.79 Å². The van der Waals surface area contributed by atoms with Crippen molar-refractivity contribution in [3.63, 3.8) is 0 Å². The molecule has 1 unspecified atom stereocenters. The maximum Gasteiger partial charge on any atom is 0.317 e. The number of allylic oxidation sites excluding steroid dienone is 2. The van der Waals surface area contributed by atoms with Crippen molar-refractivity contribution in [3.05, 3.63) is 12.2 Å². The Balaban J connectivity index is 2.30. The zero-order chi connectivity index (χ0) is 14.6. The molecule has 1 atom stereocenters. The number of nitrogens with zero attached hydrogens (tertiary/aromatic N) is 1. The highest BCUT2D eigenvalue weighted by Gasteiger charge is 2.15. The van der Waals surface area contributed by atoms with Gasteiger partial charge < -0.3 is 19.7 Å². The summed E-state index contributed by atoms with van der Waals surface area (Å²) in [5.41, 5.74) is 0. The Morgan fingerprint density at radius 1 is 1.25 bits per heavy atom. The van der Waals surface area contributed by atoms with E-state index < -0.39 is 0 Å². The Bertz CT molecular complexity index is 295. The summed E-state index contributed by atoms with van der Waals surface area (Å²) in [6.45, 7) is 3.32. The average molecular weight is 284 g/mol. The fourth-order valence-corrected chi connectivity index (χ4v) is 2.30. The largest absolute Gasteiger partial charge is 0.385 e. The van der Waals surface area contributed by atoms with Gasteiger partial charge in [0.25, 0.3) is 0 Å². The maximum absolute atomic E-state index is 12.2. The van der Waals surface area contributed by atoms with Crippen molar-refractivity contribution in [2.75, 3.05) is 47.1 Å². The van der Waals surface area contributed by atoms with Crippen molar-refractivity contribution >= 4 is 6.03 Å². The molecule has 1 aliphatic carbocycles. The Hall–Kier alpha value is -1.07. The molecule has 2 amide bonds. The van der Waals surface area contributed by atoms with E-state index in [2.05, 4.69) is 17.5 Å². The number of carbonyl (C=O) groups excluding carboxylic acids is 1. The van der Waals surface area contributed by atoms with E-state index in [1.54, 1.807) is 19.1 Å². The molecule has 0 aromatic carbocycles. The Morgan fingerprint density at radius 3 is 2.70 bits per heavy atom. The van der Waals surface area contributed by atoms with Crippen LogP contribution in [-0.4, -0.2) is 58.0 Å². The average Bonchev–Trinajstić information content (AvgIpc) is 2.49. The van der Waals surface area contributed by atoms with Gasteiger partial charge in [0.15, 0.2) is 0 Å². The summed E-state index contributed by atoms with van der Waals surface area (Å²) in [4.78, 5) is 14.0. The summed E-state index contributed by atoms with van der Waals surface area (Å²) in [6.07, 6.45) is 8.64. The number of nitrogens with one attached hydrogen (secondary N) is 1. The van der Waals surface area contributed by atoms with E-state index in [1.807, 2.05) is 0 Å². The molecule has 1 rings (SSSR count). The van der Waals surface area contributed by atoms with Crippen LogP contribution in [-0.2, 0) is 9.47 Å². The lowest BCUT2D eigenvalue weighted by molar-refractivity contribution is 0.137.